The lowest BCUT2D eigenvalue weighted by molar-refractivity contribution is -0.137. The van der Waals surface area contributed by atoms with Gasteiger partial charge in [0, 0.05) is 12.0 Å². The minimum Gasteiger partial charge on any atom is -0.481 e. The van der Waals surface area contributed by atoms with Crippen molar-refractivity contribution < 1.29 is 19.8 Å². The molecule has 0 rings (SSSR count). The molecule has 0 aromatic carbocycles. The maximum absolute atomic E-state index is 9.76. The van der Waals surface area contributed by atoms with Gasteiger partial charge in [-0.2, -0.15) is 0 Å². The highest BCUT2D eigenvalue weighted by Gasteiger charge is 1.91. The van der Waals surface area contributed by atoms with Crippen molar-refractivity contribution in [2.24, 2.45) is 0 Å². The Morgan fingerprint density at radius 3 is 1.77 bits per heavy atom. The predicted molar refractivity (Wildman–Crippen MR) is 49.6 cm³/mol. The Morgan fingerprint density at radius 2 is 1.69 bits per heavy atom. The summed E-state index contributed by atoms with van der Waals surface area (Å²) in [5, 5.41) is 15.9. The molecule has 4 nitrogen and oxygen atoms in total. The number of carbonyl (C=O) groups is 2. The Morgan fingerprint density at radius 1 is 1.31 bits per heavy atom. The fourth-order valence-electron chi connectivity index (χ4n) is 0.328. The van der Waals surface area contributed by atoms with Crippen LogP contribution in [-0.4, -0.2) is 22.2 Å². The zero-order chi connectivity index (χ0) is 10.9. The van der Waals surface area contributed by atoms with Gasteiger partial charge >= 0.3 is 11.9 Å². The zero-order valence-corrected chi connectivity index (χ0v) is 8.04. The first-order valence-corrected chi connectivity index (χ1v) is 4.02. The van der Waals surface area contributed by atoms with Crippen LogP contribution in [0, 0.1) is 0 Å². The van der Waals surface area contributed by atoms with Crippen LogP contribution in [0.2, 0.25) is 0 Å². The van der Waals surface area contributed by atoms with Gasteiger partial charge in [0.05, 0.1) is 0 Å². The van der Waals surface area contributed by atoms with E-state index in [-0.39, 0.29) is 5.57 Å². The molecular weight excluding hydrogens is 172 g/mol. The molecule has 76 valence electrons. The molecule has 0 aromatic heterocycles. The molecule has 0 bridgehead atoms. The summed E-state index contributed by atoms with van der Waals surface area (Å²) in [6, 6.07) is 0. The number of aliphatic carboxylic acids is 2. The Kier molecular flexibility index (Phi) is 9.60. The second-order valence-electron chi connectivity index (χ2n) is 2.58. The molecule has 0 aliphatic heterocycles. The van der Waals surface area contributed by atoms with Crippen molar-refractivity contribution >= 4 is 11.9 Å². The first-order chi connectivity index (χ1) is 5.91. The molecule has 0 heterocycles. The van der Waals surface area contributed by atoms with Gasteiger partial charge in [0.15, 0.2) is 0 Å². The van der Waals surface area contributed by atoms with Crippen LogP contribution in [-0.2, 0) is 9.59 Å². The average Bonchev–Trinajstić information content (AvgIpc) is 2.01. The van der Waals surface area contributed by atoms with Gasteiger partial charge in [0.25, 0.3) is 0 Å². The molecular formula is C9H16O4. The second kappa shape index (κ2) is 8.77. The average molecular weight is 188 g/mol. The summed E-state index contributed by atoms with van der Waals surface area (Å²) in [5.74, 6) is -1.63. The van der Waals surface area contributed by atoms with Crippen LogP contribution >= 0.6 is 0 Å². The first-order valence-electron chi connectivity index (χ1n) is 4.02. The van der Waals surface area contributed by atoms with Crippen LogP contribution < -0.4 is 0 Å². The molecule has 0 saturated heterocycles. The van der Waals surface area contributed by atoms with Gasteiger partial charge in [0.1, 0.15) is 0 Å². The van der Waals surface area contributed by atoms with E-state index in [1.54, 1.807) is 0 Å². The van der Waals surface area contributed by atoms with Crippen molar-refractivity contribution in [2.45, 2.75) is 33.1 Å². The van der Waals surface area contributed by atoms with E-state index in [2.05, 4.69) is 6.58 Å². The predicted octanol–water partition coefficient (Wildman–Crippen LogP) is 1.91. The molecule has 2 N–H and O–H groups in total. The summed E-state index contributed by atoms with van der Waals surface area (Å²) in [6.07, 6.45) is 2.08. The van der Waals surface area contributed by atoms with Gasteiger partial charge in [0.2, 0.25) is 0 Å². The van der Waals surface area contributed by atoms with E-state index in [0.717, 1.165) is 12.8 Å². The smallest absolute Gasteiger partial charge is 0.330 e. The minimum absolute atomic E-state index is 0.176. The normalized spacial score (nSPS) is 8.15. The van der Waals surface area contributed by atoms with Gasteiger partial charge in [-0.3, -0.25) is 4.79 Å². The standard InChI is InChI=1S/C5H10O2.C4H6O2/c1-2-3-4-5(6)7;1-3(2)4(5)6/h2-4H2,1H3,(H,6,7);1H2,2H3,(H,5,6). The molecule has 0 aliphatic rings. The molecule has 0 aliphatic carbocycles. The van der Waals surface area contributed by atoms with Crippen LogP contribution in [0.15, 0.2) is 12.2 Å². The Balaban J connectivity index is 0. The Bertz CT molecular complexity index is 172. The molecule has 0 aromatic rings. The van der Waals surface area contributed by atoms with Crippen molar-refractivity contribution in [3.05, 3.63) is 12.2 Å². The lowest BCUT2D eigenvalue weighted by atomic mass is 10.3. The van der Waals surface area contributed by atoms with E-state index in [4.69, 9.17) is 10.2 Å². The van der Waals surface area contributed by atoms with Crippen LogP contribution in [0.3, 0.4) is 0 Å². The molecule has 0 unspecified atom stereocenters. The largest absolute Gasteiger partial charge is 0.481 e. The van der Waals surface area contributed by atoms with Crippen molar-refractivity contribution in [1.82, 2.24) is 0 Å². The molecule has 0 amide bonds. The lowest BCUT2D eigenvalue weighted by Gasteiger charge is -1.85. The molecule has 0 atom stereocenters. The number of unbranched alkanes of at least 4 members (excludes halogenated alkanes) is 1. The van der Waals surface area contributed by atoms with Gasteiger partial charge < -0.3 is 10.2 Å². The molecule has 0 saturated carbocycles. The van der Waals surface area contributed by atoms with E-state index in [9.17, 15) is 9.59 Å². The summed E-state index contributed by atoms with van der Waals surface area (Å²) in [7, 11) is 0. The molecule has 4 heteroatoms. The Labute approximate surface area is 77.9 Å². The minimum atomic E-state index is -0.935. The monoisotopic (exact) mass is 188 g/mol. The third-order valence-corrected chi connectivity index (χ3v) is 1.11. The fraction of sp³-hybridized carbons (Fsp3) is 0.556. The second-order valence-corrected chi connectivity index (χ2v) is 2.58. The zero-order valence-electron chi connectivity index (χ0n) is 8.04. The van der Waals surface area contributed by atoms with Gasteiger partial charge in [-0.25, -0.2) is 4.79 Å². The number of hydrogen-bond donors (Lipinski definition) is 2. The summed E-state index contributed by atoms with van der Waals surface area (Å²) in [4.78, 5) is 19.4. The van der Waals surface area contributed by atoms with Crippen LogP contribution in [0.4, 0.5) is 0 Å². The van der Waals surface area contributed by atoms with Gasteiger partial charge in [-0.15, -0.1) is 0 Å². The first kappa shape index (κ1) is 14.2. The van der Waals surface area contributed by atoms with Crippen molar-refractivity contribution in [3.63, 3.8) is 0 Å². The van der Waals surface area contributed by atoms with Gasteiger partial charge in [-0.05, 0) is 13.3 Å². The quantitative estimate of drug-likeness (QED) is 0.661. The number of carboxylic acid groups (broad SMARTS) is 2. The van der Waals surface area contributed by atoms with E-state index in [1.165, 1.54) is 6.92 Å². The molecule has 0 radical (unpaired) electrons. The lowest BCUT2D eigenvalue weighted by Crippen LogP contribution is -1.92. The summed E-state index contributed by atoms with van der Waals surface area (Å²) in [6.45, 7) is 6.58. The highest BCUT2D eigenvalue weighted by molar-refractivity contribution is 5.84. The molecule has 0 fully saturated rings. The van der Waals surface area contributed by atoms with E-state index in [0.29, 0.717) is 6.42 Å². The third-order valence-electron chi connectivity index (χ3n) is 1.11. The van der Waals surface area contributed by atoms with Crippen LogP contribution in [0.1, 0.15) is 33.1 Å². The number of carboxylic acids is 2. The Hall–Kier alpha value is -1.32. The van der Waals surface area contributed by atoms with E-state index >= 15 is 0 Å². The topological polar surface area (TPSA) is 74.6 Å². The van der Waals surface area contributed by atoms with Crippen LogP contribution in [0.25, 0.3) is 0 Å². The van der Waals surface area contributed by atoms with E-state index < -0.39 is 11.9 Å². The number of rotatable bonds is 4. The summed E-state index contributed by atoms with van der Waals surface area (Å²) < 4.78 is 0. The molecule has 13 heavy (non-hydrogen) atoms. The summed E-state index contributed by atoms with van der Waals surface area (Å²) >= 11 is 0. The highest BCUT2D eigenvalue weighted by Crippen LogP contribution is 1.91. The fourth-order valence-corrected chi connectivity index (χ4v) is 0.328. The van der Waals surface area contributed by atoms with E-state index in [1.807, 2.05) is 6.92 Å². The van der Waals surface area contributed by atoms with Crippen molar-refractivity contribution in [3.8, 4) is 0 Å². The maximum atomic E-state index is 9.76. The number of hydrogen-bond acceptors (Lipinski definition) is 2. The third kappa shape index (κ3) is 18.0. The maximum Gasteiger partial charge on any atom is 0.330 e. The van der Waals surface area contributed by atoms with Crippen LogP contribution in [0.5, 0.6) is 0 Å². The SMILES string of the molecule is C=C(C)C(=O)O.CCCCC(=O)O. The summed E-state index contributed by atoms with van der Waals surface area (Å²) in [5.41, 5.74) is 0.176. The molecule has 0 spiro atoms. The van der Waals surface area contributed by atoms with Crippen molar-refractivity contribution in [2.75, 3.05) is 0 Å². The van der Waals surface area contributed by atoms with Gasteiger partial charge in [-0.1, -0.05) is 19.9 Å². The van der Waals surface area contributed by atoms with Crippen molar-refractivity contribution in [1.29, 1.82) is 0 Å². The highest BCUT2D eigenvalue weighted by atomic mass is 16.4.